The predicted molar refractivity (Wildman–Crippen MR) is 131 cm³/mol. The van der Waals surface area contributed by atoms with Crippen LogP contribution in [0.3, 0.4) is 0 Å². The summed E-state index contributed by atoms with van der Waals surface area (Å²) in [4.78, 5) is 15.0. The number of pyridine rings is 1. The summed E-state index contributed by atoms with van der Waals surface area (Å²) in [6.07, 6.45) is 6.47. The molecular formula is C28H25N5O2. The maximum Gasteiger partial charge on any atom is 0.185 e. The van der Waals surface area contributed by atoms with E-state index in [1.165, 1.54) is 5.56 Å². The fraction of sp³-hybridized carbons (Fsp3) is 0.321. The van der Waals surface area contributed by atoms with Gasteiger partial charge in [-0.25, -0.2) is 9.97 Å². The van der Waals surface area contributed by atoms with Gasteiger partial charge in [-0.05, 0) is 44.2 Å². The fourth-order valence-electron chi connectivity index (χ4n) is 6.45. The molecule has 7 nitrogen and oxygen atoms in total. The normalized spacial score (nSPS) is 23.1. The number of aromatic nitrogens is 5. The lowest BCUT2D eigenvalue weighted by molar-refractivity contribution is 0.172. The molecule has 0 fully saturated rings. The molecule has 4 aromatic heterocycles. The number of rotatable bonds is 2. The summed E-state index contributed by atoms with van der Waals surface area (Å²) < 4.78 is 11.4. The van der Waals surface area contributed by atoms with Crippen LogP contribution >= 0.6 is 0 Å². The third-order valence-corrected chi connectivity index (χ3v) is 8.07. The van der Waals surface area contributed by atoms with E-state index in [2.05, 4.69) is 35.2 Å². The Morgan fingerprint density at radius 2 is 1.97 bits per heavy atom. The Bertz CT molecular complexity index is 1600. The molecule has 35 heavy (non-hydrogen) atoms. The van der Waals surface area contributed by atoms with Crippen molar-refractivity contribution in [3.8, 4) is 22.8 Å². The first-order chi connectivity index (χ1) is 17.0. The van der Waals surface area contributed by atoms with E-state index in [1.807, 2.05) is 49.6 Å². The summed E-state index contributed by atoms with van der Waals surface area (Å²) in [7, 11) is 0. The predicted octanol–water partition coefficient (Wildman–Crippen LogP) is 5.82. The monoisotopic (exact) mass is 463 g/mol. The summed E-state index contributed by atoms with van der Waals surface area (Å²) in [5.41, 5.74) is 6.84. The minimum atomic E-state index is -0.171. The van der Waals surface area contributed by atoms with Gasteiger partial charge in [0.1, 0.15) is 11.5 Å². The lowest BCUT2D eigenvalue weighted by atomic mass is 9.56. The zero-order valence-corrected chi connectivity index (χ0v) is 19.9. The summed E-state index contributed by atoms with van der Waals surface area (Å²) in [6, 6.07) is 12.1. The molecule has 0 N–H and O–H groups in total. The zero-order valence-electron chi connectivity index (χ0n) is 19.9. The second kappa shape index (κ2) is 7.31. The second-order valence-electron chi connectivity index (χ2n) is 10.2. The highest BCUT2D eigenvalue weighted by molar-refractivity contribution is 5.92. The third-order valence-electron chi connectivity index (χ3n) is 8.07. The van der Waals surface area contributed by atoms with Crippen LogP contribution in [0.25, 0.3) is 33.7 Å². The first kappa shape index (κ1) is 20.5. The molecule has 3 atom stereocenters. The summed E-state index contributed by atoms with van der Waals surface area (Å²) >= 11 is 0. The third kappa shape index (κ3) is 2.93. The highest BCUT2D eigenvalue weighted by atomic mass is 16.5. The van der Waals surface area contributed by atoms with E-state index in [0.717, 1.165) is 64.1 Å². The molecule has 5 aromatic rings. The maximum absolute atomic E-state index is 5.75. The van der Waals surface area contributed by atoms with Crippen LogP contribution in [0.15, 0.2) is 57.8 Å². The highest BCUT2D eigenvalue weighted by Crippen LogP contribution is 2.54. The minimum Gasteiger partial charge on any atom is -0.361 e. The molecule has 0 saturated heterocycles. The number of benzene rings is 1. The lowest BCUT2D eigenvalue weighted by Gasteiger charge is -2.47. The molecule has 0 amide bonds. The maximum atomic E-state index is 5.75. The van der Waals surface area contributed by atoms with Crippen molar-refractivity contribution in [3.63, 3.8) is 0 Å². The largest absolute Gasteiger partial charge is 0.361 e. The fourth-order valence-corrected chi connectivity index (χ4v) is 6.45. The molecule has 1 aromatic carbocycles. The first-order valence-electron chi connectivity index (χ1n) is 12.2. The minimum absolute atomic E-state index is 0.171. The standard InChI is InChI=1S/C28H25N5O2/c1-15-12-23(34-33-15)24-20-8-9-21-16(2)25-17(14-30-35-25)13-28(21,3)26(20)32-27(31-24)19-10-11-29-22-7-5-4-6-18(19)22/h4-7,10-12,14,16,21H,8-9,13H2,1-3H3/t16-,21?,28-/m1/s1. The van der Waals surface area contributed by atoms with Crippen LogP contribution in [0, 0.1) is 12.8 Å². The first-order valence-corrected chi connectivity index (χ1v) is 12.2. The van der Waals surface area contributed by atoms with Crippen molar-refractivity contribution in [2.75, 3.05) is 0 Å². The molecule has 0 radical (unpaired) electrons. The van der Waals surface area contributed by atoms with E-state index in [4.69, 9.17) is 19.0 Å². The van der Waals surface area contributed by atoms with Crippen LogP contribution in [0.1, 0.15) is 54.5 Å². The molecule has 2 aliphatic rings. The SMILES string of the molecule is Cc1cc(-c2nc(-c3ccnc4ccccc34)nc3c2CCC2[C@@H](C)c4oncc4C[C@@]32C)on1. The van der Waals surface area contributed by atoms with Crippen LogP contribution in [0.4, 0.5) is 0 Å². The van der Waals surface area contributed by atoms with Crippen molar-refractivity contribution >= 4 is 10.9 Å². The van der Waals surface area contributed by atoms with Gasteiger partial charge in [-0.2, -0.15) is 0 Å². The van der Waals surface area contributed by atoms with Gasteiger partial charge >= 0.3 is 0 Å². The van der Waals surface area contributed by atoms with Gasteiger partial charge in [0.25, 0.3) is 0 Å². The van der Waals surface area contributed by atoms with E-state index in [9.17, 15) is 0 Å². The summed E-state index contributed by atoms with van der Waals surface area (Å²) in [6.45, 7) is 6.54. The number of para-hydroxylation sites is 1. The Hall–Kier alpha value is -3.87. The van der Waals surface area contributed by atoms with E-state index in [-0.39, 0.29) is 11.3 Å². The van der Waals surface area contributed by atoms with Crippen LogP contribution in [-0.4, -0.2) is 25.3 Å². The van der Waals surface area contributed by atoms with Gasteiger partial charge < -0.3 is 9.05 Å². The molecule has 174 valence electrons. The number of nitrogens with zero attached hydrogens (tertiary/aromatic N) is 5. The topological polar surface area (TPSA) is 90.7 Å². The van der Waals surface area contributed by atoms with Crippen molar-refractivity contribution in [1.82, 2.24) is 25.3 Å². The average Bonchev–Trinajstić information content (AvgIpc) is 3.52. The van der Waals surface area contributed by atoms with Crippen LogP contribution < -0.4 is 0 Å². The number of aryl methyl sites for hydroxylation is 1. The van der Waals surface area contributed by atoms with Gasteiger partial charge in [0.05, 0.1) is 23.1 Å². The Labute approximate surface area is 202 Å². The number of hydrogen-bond donors (Lipinski definition) is 0. The van der Waals surface area contributed by atoms with Crippen LogP contribution in [-0.2, 0) is 18.3 Å². The van der Waals surface area contributed by atoms with Crippen molar-refractivity contribution in [2.24, 2.45) is 5.92 Å². The van der Waals surface area contributed by atoms with Crippen molar-refractivity contribution < 1.29 is 9.05 Å². The Balaban J connectivity index is 1.51. The van der Waals surface area contributed by atoms with Gasteiger partial charge in [0, 0.05) is 45.7 Å². The molecule has 2 aliphatic carbocycles. The molecule has 1 unspecified atom stereocenters. The quantitative estimate of drug-likeness (QED) is 0.326. The van der Waals surface area contributed by atoms with Crippen LogP contribution in [0.2, 0.25) is 0 Å². The molecule has 4 heterocycles. The molecule has 0 aliphatic heterocycles. The van der Waals surface area contributed by atoms with Crippen molar-refractivity contribution in [1.29, 1.82) is 0 Å². The molecular weight excluding hydrogens is 438 g/mol. The summed E-state index contributed by atoms with van der Waals surface area (Å²) in [5.74, 6) is 3.08. The van der Waals surface area contributed by atoms with Crippen LogP contribution in [0.5, 0.6) is 0 Å². The molecule has 0 bridgehead atoms. The van der Waals surface area contributed by atoms with Crippen molar-refractivity contribution in [3.05, 3.63) is 77.1 Å². The Morgan fingerprint density at radius 3 is 2.83 bits per heavy atom. The summed E-state index contributed by atoms with van der Waals surface area (Å²) in [5, 5.41) is 9.32. The number of hydrogen-bond acceptors (Lipinski definition) is 7. The van der Waals surface area contributed by atoms with Crippen molar-refractivity contribution in [2.45, 2.75) is 51.4 Å². The Kier molecular flexibility index (Phi) is 4.28. The van der Waals surface area contributed by atoms with E-state index in [0.29, 0.717) is 17.5 Å². The van der Waals surface area contributed by atoms with Gasteiger partial charge in [-0.1, -0.05) is 42.4 Å². The van der Waals surface area contributed by atoms with Gasteiger partial charge in [0.15, 0.2) is 11.6 Å². The van der Waals surface area contributed by atoms with Gasteiger partial charge in [-0.15, -0.1) is 0 Å². The molecule has 7 rings (SSSR count). The Morgan fingerprint density at radius 1 is 1.09 bits per heavy atom. The van der Waals surface area contributed by atoms with E-state index < -0.39 is 0 Å². The molecule has 0 saturated carbocycles. The molecule has 0 spiro atoms. The van der Waals surface area contributed by atoms with Gasteiger partial charge in [-0.3, -0.25) is 4.98 Å². The van der Waals surface area contributed by atoms with Gasteiger partial charge in [0.2, 0.25) is 0 Å². The smallest absolute Gasteiger partial charge is 0.185 e. The average molecular weight is 464 g/mol. The second-order valence-corrected chi connectivity index (χ2v) is 10.2. The molecule has 7 heteroatoms. The number of fused-ring (bicyclic) bond motifs is 5. The highest BCUT2D eigenvalue weighted by Gasteiger charge is 2.50. The van der Waals surface area contributed by atoms with E-state index in [1.54, 1.807) is 0 Å². The van der Waals surface area contributed by atoms with E-state index >= 15 is 0 Å². The zero-order chi connectivity index (χ0) is 23.7. The lowest BCUT2D eigenvalue weighted by Crippen LogP contribution is -2.45.